The van der Waals surface area contributed by atoms with E-state index >= 15 is 8.78 Å². The summed E-state index contributed by atoms with van der Waals surface area (Å²) in [5.41, 5.74) is 6.89. The zero-order valence-electron chi connectivity index (χ0n) is 28.1. The maximum Gasteiger partial charge on any atom is 0.416 e. The molecule has 5 rings (SSSR count). The summed E-state index contributed by atoms with van der Waals surface area (Å²) in [4.78, 5) is 15.6. The zero-order chi connectivity index (χ0) is 37.0. The number of carbonyl (C=O) groups is 1. The number of aromatic carboxylic acids is 1. The van der Waals surface area contributed by atoms with Gasteiger partial charge in [0.05, 0.1) is 37.6 Å². The van der Waals surface area contributed by atoms with Gasteiger partial charge in [-0.2, -0.15) is 13.2 Å². The minimum absolute atomic E-state index is 0.0500. The molecular weight excluding hydrogens is 695 g/mol. The average Bonchev–Trinajstić information content (AvgIpc) is 3.48. The summed E-state index contributed by atoms with van der Waals surface area (Å²) in [7, 11) is -2.96. The van der Waals surface area contributed by atoms with Gasteiger partial charge >= 0.3 is 12.1 Å². The molecule has 51 heavy (non-hydrogen) atoms. The molecule has 16 heteroatoms. The molecule has 10 nitrogen and oxygen atoms in total. The Bertz CT molecular complexity index is 1820. The van der Waals surface area contributed by atoms with Gasteiger partial charge in [-0.3, -0.25) is 0 Å². The highest BCUT2D eigenvalue weighted by atomic mass is 28.4. The summed E-state index contributed by atoms with van der Waals surface area (Å²) in [5, 5.41) is 14.6. The standard InChI is InChI=1S/C35H37F5N4O6Si/c1-33(2,3)51(25-10-6-4-7-11-25,26-12-8-5-9-13-26)49-20-24-19-48-29(21-47-24)34(36,37)22-44(17-16-42-43-41)30-27-18-23(35(38,39)40)14-15-28(27)50-31(30)32(45)46/h4-15,18,24,29H,16-17,19-22H2,1-3H3,(H,45,46). The summed E-state index contributed by atoms with van der Waals surface area (Å²) in [6, 6.07) is 22.0. The van der Waals surface area contributed by atoms with Gasteiger partial charge in [0.1, 0.15) is 17.8 Å². The molecule has 0 aliphatic carbocycles. The van der Waals surface area contributed by atoms with Crippen molar-refractivity contribution in [3.8, 4) is 0 Å². The van der Waals surface area contributed by atoms with Crippen LogP contribution in [0.3, 0.4) is 0 Å². The van der Waals surface area contributed by atoms with Crippen molar-refractivity contribution in [2.75, 3.05) is 44.4 Å². The van der Waals surface area contributed by atoms with E-state index in [-0.39, 0.29) is 29.2 Å². The summed E-state index contributed by atoms with van der Waals surface area (Å²) in [6.45, 7) is 3.47. The van der Waals surface area contributed by atoms with Crippen molar-refractivity contribution < 1.29 is 50.2 Å². The lowest BCUT2D eigenvalue weighted by Crippen LogP contribution is -2.67. The summed E-state index contributed by atoms with van der Waals surface area (Å²) < 4.78 is 96.5. The number of nitrogens with zero attached hydrogens (tertiary/aromatic N) is 4. The molecule has 1 aliphatic rings. The van der Waals surface area contributed by atoms with E-state index in [9.17, 15) is 23.1 Å². The van der Waals surface area contributed by atoms with Crippen LogP contribution < -0.4 is 15.3 Å². The van der Waals surface area contributed by atoms with Gasteiger partial charge in [0.15, 0.2) is 0 Å². The molecule has 0 radical (unpaired) electrons. The first-order valence-electron chi connectivity index (χ1n) is 16.1. The van der Waals surface area contributed by atoms with E-state index in [0.29, 0.717) is 12.1 Å². The third kappa shape index (κ3) is 8.05. The molecule has 1 aromatic heterocycles. The number of anilines is 1. The number of halogens is 5. The average molecular weight is 733 g/mol. The minimum Gasteiger partial charge on any atom is -0.475 e. The smallest absolute Gasteiger partial charge is 0.416 e. The molecule has 1 saturated heterocycles. The van der Waals surface area contributed by atoms with Crippen LogP contribution in [0.15, 0.2) is 88.4 Å². The molecule has 0 bridgehead atoms. The predicted octanol–water partition coefficient (Wildman–Crippen LogP) is 7.26. The van der Waals surface area contributed by atoms with Crippen LogP contribution in [0.2, 0.25) is 5.04 Å². The van der Waals surface area contributed by atoms with E-state index in [0.717, 1.165) is 21.3 Å². The summed E-state index contributed by atoms with van der Waals surface area (Å²) in [5.74, 6) is -6.25. The van der Waals surface area contributed by atoms with Gasteiger partial charge in [0, 0.05) is 23.4 Å². The van der Waals surface area contributed by atoms with E-state index < -0.39 is 81.8 Å². The molecule has 3 aromatic carbocycles. The quantitative estimate of drug-likeness (QED) is 0.0504. The number of azide groups is 1. The monoisotopic (exact) mass is 732 g/mol. The number of rotatable bonds is 13. The predicted molar refractivity (Wildman–Crippen MR) is 182 cm³/mol. The fraction of sp³-hybridized carbons (Fsp3) is 0.400. The van der Waals surface area contributed by atoms with Crippen LogP contribution in [0.1, 0.15) is 36.9 Å². The number of carboxylic acids is 1. The maximum atomic E-state index is 16.0. The highest BCUT2D eigenvalue weighted by molar-refractivity contribution is 6.99. The molecule has 1 N–H and O–H groups in total. The fourth-order valence-electron chi connectivity index (χ4n) is 6.42. The van der Waals surface area contributed by atoms with Gasteiger partial charge in [0.2, 0.25) is 5.76 Å². The highest BCUT2D eigenvalue weighted by Gasteiger charge is 2.51. The SMILES string of the molecule is CC(C)(C)[Si](OCC1COC(C(F)(F)CN(CCN=[N+]=[N-])c2c(C(=O)O)oc3ccc(C(F)(F)F)cc23)CO1)(c1ccccc1)c1ccccc1. The molecule has 0 saturated carbocycles. The number of hydrogen-bond donors (Lipinski definition) is 1. The van der Waals surface area contributed by atoms with Crippen LogP contribution in [0.4, 0.5) is 27.6 Å². The van der Waals surface area contributed by atoms with Crippen LogP contribution >= 0.6 is 0 Å². The lowest BCUT2D eigenvalue weighted by atomic mass is 10.1. The van der Waals surface area contributed by atoms with Crippen LogP contribution in [-0.4, -0.2) is 77.0 Å². The molecule has 4 aromatic rings. The lowest BCUT2D eigenvalue weighted by Gasteiger charge is -2.44. The van der Waals surface area contributed by atoms with E-state index in [1.165, 1.54) is 0 Å². The van der Waals surface area contributed by atoms with Crippen molar-refractivity contribution in [1.82, 2.24) is 0 Å². The zero-order valence-corrected chi connectivity index (χ0v) is 29.1. The van der Waals surface area contributed by atoms with E-state index in [4.69, 9.17) is 23.8 Å². The lowest BCUT2D eigenvalue weighted by molar-refractivity contribution is -0.216. The number of fused-ring (bicyclic) bond motifs is 1. The van der Waals surface area contributed by atoms with E-state index in [1.54, 1.807) is 0 Å². The number of benzene rings is 3. The Morgan fingerprint density at radius 1 is 0.980 bits per heavy atom. The van der Waals surface area contributed by atoms with Crippen LogP contribution in [0.5, 0.6) is 0 Å². The second-order valence-corrected chi connectivity index (χ2v) is 17.5. The topological polar surface area (TPSA) is 130 Å². The fourth-order valence-corrected chi connectivity index (χ4v) is 11.0. The Balaban J connectivity index is 1.37. The Hall–Kier alpha value is -4.47. The van der Waals surface area contributed by atoms with Gasteiger partial charge in [-0.25, -0.2) is 13.6 Å². The molecule has 1 fully saturated rings. The molecule has 0 amide bonds. The first kappa shape index (κ1) is 37.8. The minimum atomic E-state index is -4.81. The number of alkyl halides is 5. The van der Waals surface area contributed by atoms with Crippen molar-refractivity contribution in [2.24, 2.45) is 5.11 Å². The van der Waals surface area contributed by atoms with Gasteiger partial charge in [0.25, 0.3) is 14.2 Å². The third-order valence-electron chi connectivity index (χ3n) is 8.77. The van der Waals surface area contributed by atoms with Crippen molar-refractivity contribution in [3.63, 3.8) is 0 Å². The second-order valence-electron chi connectivity index (χ2n) is 13.2. The van der Waals surface area contributed by atoms with Gasteiger partial charge in [-0.1, -0.05) is 86.5 Å². The molecule has 2 atom stereocenters. The summed E-state index contributed by atoms with van der Waals surface area (Å²) >= 11 is 0. The Morgan fingerprint density at radius 3 is 2.12 bits per heavy atom. The largest absolute Gasteiger partial charge is 0.475 e. The maximum absolute atomic E-state index is 16.0. The van der Waals surface area contributed by atoms with Gasteiger partial charge in [-0.05, 0) is 39.1 Å². The molecule has 272 valence electrons. The molecule has 2 heterocycles. The van der Waals surface area contributed by atoms with Crippen LogP contribution in [0.25, 0.3) is 21.4 Å². The number of hydrogen-bond acceptors (Lipinski definition) is 7. The van der Waals surface area contributed by atoms with Crippen molar-refractivity contribution in [3.05, 3.63) is 101 Å². The first-order chi connectivity index (χ1) is 24.1. The molecule has 2 unspecified atom stereocenters. The molecule has 0 spiro atoms. The van der Waals surface area contributed by atoms with Gasteiger partial charge in [-0.15, -0.1) is 0 Å². The van der Waals surface area contributed by atoms with E-state index in [2.05, 4.69) is 30.8 Å². The Labute approximate surface area is 291 Å². The number of carboxylic acid groups (broad SMARTS) is 1. The Kier molecular flexibility index (Phi) is 11.1. The van der Waals surface area contributed by atoms with Crippen molar-refractivity contribution in [1.29, 1.82) is 0 Å². The molecule has 1 aliphatic heterocycles. The highest BCUT2D eigenvalue weighted by Crippen LogP contribution is 2.41. The molecular formula is C35H37F5N4O6Si. The number of furan rings is 1. The first-order valence-corrected chi connectivity index (χ1v) is 18.0. The number of ether oxygens (including phenoxy) is 2. The van der Waals surface area contributed by atoms with Crippen molar-refractivity contribution >= 4 is 41.3 Å². The van der Waals surface area contributed by atoms with Crippen molar-refractivity contribution in [2.45, 2.75) is 50.1 Å². The third-order valence-corrected chi connectivity index (χ3v) is 13.8. The summed E-state index contributed by atoms with van der Waals surface area (Å²) in [6.07, 6.45) is -7.31. The second kappa shape index (κ2) is 15.0. The normalized spacial score (nSPS) is 17.3. The van der Waals surface area contributed by atoms with Crippen LogP contribution in [0, 0.1) is 0 Å². The van der Waals surface area contributed by atoms with Gasteiger partial charge < -0.3 is 28.3 Å². The Morgan fingerprint density at radius 2 is 1.61 bits per heavy atom. The van der Waals surface area contributed by atoms with E-state index in [1.807, 2.05) is 60.7 Å². The van der Waals surface area contributed by atoms with Crippen LogP contribution in [-0.2, 0) is 20.1 Å².